The summed E-state index contributed by atoms with van der Waals surface area (Å²) < 4.78 is 5.43. The number of benzene rings is 1. The number of halogens is 1. The monoisotopic (exact) mass is 277 g/mol. The summed E-state index contributed by atoms with van der Waals surface area (Å²) in [4.78, 5) is 14.4. The maximum Gasteiger partial charge on any atom is 0.257 e. The molecule has 0 N–H and O–H groups in total. The molecular weight excluding hydrogens is 262 g/mol. The van der Waals surface area contributed by atoms with Gasteiger partial charge in [-0.3, -0.25) is 4.79 Å². The highest BCUT2D eigenvalue weighted by molar-refractivity contribution is 6.21. The minimum Gasteiger partial charge on any atom is -0.463 e. The van der Waals surface area contributed by atoms with Gasteiger partial charge in [-0.2, -0.15) is 0 Å². The van der Waals surface area contributed by atoms with Crippen LogP contribution in [-0.4, -0.2) is 29.3 Å². The summed E-state index contributed by atoms with van der Waals surface area (Å²) in [6, 6.07) is 7.60. The molecule has 3 rings (SSSR count). The highest BCUT2D eigenvalue weighted by atomic mass is 35.5. The number of piperidine rings is 1. The molecule has 0 radical (unpaired) electrons. The van der Waals surface area contributed by atoms with E-state index in [1.54, 1.807) is 6.26 Å². The lowest BCUT2D eigenvalue weighted by atomic mass is 9.98. The minimum absolute atomic E-state index is 0.0162. The van der Waals surface area contributed by atoms with Crippen molar-refractivity contribution in [2.24, 2.45) is 5.92 Å². The minimum atomic E-state index is 0.0162. The van der Waals surface area contributed by atoms with Crippen LogP contribution in [-0.2, 0) is 0 Å². The highest BCUT2D eigenvalue weighted by Crippen LogP contribution is 2.26. The molecule has 2 heterocycles. The molecule has 2 atom stereocenters. The Balaban J connectivity index is 1.88. The number of nitrogens with zero attached hydrogens (tertiary/aromatic N) is 1. The van der Waals surface area contributed by atoms with Gasteiger partial charge in [0, 0.05) is 18.5 Å². The van der Waals surface area contributed by atoms with Crippen LogP contribution >= 0.6 is 11.6 Å². The molecule has 2 aromatic rings. The quantitative estimate of drug-likeness (QED) is 0.747. The van der Waals surface area contributed by atoms with Crippen LogP contribution in [0.4, 0.5) is 0 Å². The van der Waals surface area contributed by atoms with Crippen LogP contribution < -0.4 is 0 Å². The van der Waals surface area contributed by atoms with Crippen molar-refractivity contribution in [1.29, 1.82) is 0 Å². The first-order valence-corrected chi connectivity index (χ1v) is 7.00. The van der Waals surface area contributed by atoms with E-state index in [-0.39, 0.29) is 11.3 Å². The van der Waals surface area contributed by atoms with Crippen molar-refractivity contribution < 1.29 is 9.21 Å². The number of carbonyl (C=O) groups excluding carboxylic acids is 1. The fourth-order valence-electron chi connectivity index (χ4n) is 2.52. The normalized spacial score (nSPS) is 23.8. The average Bonchev–Trinajstić information content (AvgIpc) is 2.85. The number of para-hydroxylation sites is 1. The van der Waals surface area contributed by atoms with Crippen molar-refractivity contribution in [2.75, 3.05) is 13.1 Å². The third-order valence-electron chi connectivity index (χ3n) is 3.87. The first-order chi connectivity index (χ1) is 9.16. The smallest absolute Gasteiger partial charge is 0.257 e. The van der Waals surface area contributed by atoms with E-state index < -0.39 is 0 Å². The molecule has 1 aromatic heterocycles. The van der Waals surface area contributed by atoms with Gasteiger partial charge in [-0.25, -0.2) is 0 Å². The lowest BCUT2D eigenvalue weighted by Crippen LogP contribution is -2.43. The standard InChI is InChI=1S/C15H16ClNO2/c1-10-6-7-17(8-13(10)16)15(18)12-9-19-14-5-3-2-4-11(12)14/h2-5,9-10,13H,6-8H2,1H3. The maximum absolute atomic E-state index is 12.5. The van der Waals surface area contributed by atoms with Crippen LogP contribution in [0.25, 0.3) is 11.0 Å². The fourth-order valence-corrected chi connectivity index (χ4v) is 2.81. The third kappa shape index (κ3) is 2.23. The summed E-state index contributed by atoms with van der Waals surface area (Å²) >= 11 is 6.27. The van der Waals surface area contributed by atoms with Gasteiger partial charge in [0.15, 0.2) is 0 Å². The summed E-state index contributed by atoms with van der Waals surface area (Å²) in [6.07, 6.45) is 2.50. The Hall–Kier alpha value is -1.48. The number of hydrogen-bond donors (Lipinski definition) is 0. The van der Waals surface area contributed by atoms with Gasteiger partial charge < -0.3 is 9.32 Å². The van der Waals surface area contributed by atoms with Crippen molar-refractivity contribution in [3.63, 3.8) is 0 Å². The second-order valence-corrected chi connectivity index (χ2v) is 5.74. The van der Waals surface area contributed by atoms with Crippen molar-refractivity contribution >= 4 is 28.5 Å². The van der Waals surface area contributed by atoms with E-state index in [2.05, 4.69) is 6.92 Å². The molecule has 1 aliphatic heterocycles. The van der Waals surface area contributed by atoms with E-state index >= 15 is 0 Å². The molecule has 1 aromatic carbocycles. The molecule has 100 valence electrons. The summed E-state index contributed by atoms with van der Waals surface area (Å²) in [5.41, 5.74) is 1.38. The Morgan fingerprint density at radius 1 is 1.42 bits per heavy atom. The summed E-state index contributed by atoms with van der Waals surface area (Å²) in [5.74, 6) is 0.481. The average molecular weight is 278 g/mol. The fraction of sp³-hybridized carbons (Fsp3) is 0.400. The Morgan fingerprint density at radius 2 is 2.21 bits per heavy atom. The van der Waals surface area contributed by atoms with Gasteiger partial charge in [0.2, 0.25) is 0 Å². The summed E-state index contributed by atoms with van der Waals surface area (Å²) in [6.45, 7) is 3.51. The Labute approximate surface area is 117 Å². The van der Waals surface area contributed by atoms with Crippen LogP contribution in [0.2, 0.25) is 0 Å². The van der Waals surface area contributed by atoms with Crippen LogP contribution in [0.3, 0.4) is 0 Å². The van der Waals surface area contributed by atoms with Crippen molar-refractivity contribution in [2.45, 2.75) is 18.7 Å². The summed E-state index contributed by atoms with van der Waals surface area (Å²) in [7, 11) is 0. The number of carbonyl (C=O) groups is 1. The Kier molecular flexibility index (Phi) is 3.23. The molecule has 2 unspecified atom stereocenters. The maximum atomic E-state index is 12.5. The van der Waals surface area contributed by atoms with E-state index in [4.69, 9.17) is 16.0 Å². The molecule has 1 saturated heterocycles. The van der Waals surface area contributed by atoms with Gasteiger partial charge in [-0.05, 0) is 18.4 Å². The number of fused-ring (bicyclic) bond motifs is 1. The molecule has 0 aliphatic carbocycles. The molecule has 0 saturated carbocycles. The zero-order chi connectivity index (χ0) is 13.4. The third-order valence-corrected chi connectivity index (χ3v) is 4.43. The van der Waals surface area contributed by atoms with E-state index in [0.29, 0.717) is 18.0 Å². The predicted molar refractivity (Wildman–Crippen MR) is 75.5 cm³/mol. The second-order valence-electron chi connectivity index (χ2n) is 5.18. The summed E-state index contributed by atoms with van der Waals surface area (Å²) in [5, 5.41) is 0.910. The van der Waals surface area contributed by atoms with Crippen LogP contribution in [0.15, 0.2) is 34.9 Å². The zero-order valence-corrected chi connectivity index (χ0v) is 11.6. The van der Waals surface area contributed by atoms with Crippen LogP contribution in [0, 0.1) is 5.92 Å². The molecule has 19 heavy (non-hydrogen) atoms. The second kappa shape index (κ2) is 4.89. The number of likely N-dealkylation sites (tertiary alicyclic amines) is 1. The lowest BCUT2D eigenvalue weighted by molar-refractivity contribution is 0.0702. The molecule has 1 aliphatic rings. The first-order valence-electron chi connectivity index (χ1n) is 6.56. The van der Waals surface area contributed by atoms with Crippen LogP contribution in [0.5, 0.6) is 0 Å². The number of rotatable bonds is 1. The van der Waals surface area contributed by atoms with Gasteiger partial charge in [-0.15, -0.1) is 11.6 Å². The van der Waals surface area contributed by atoms with Crippen molar-refractivity contribution in [1.82, 2.24) is 4.90 Å². The number of alkyl halides is 1. The molecular formula is C15H16ClNO2. The molecule has 4 heteroatoms. The largest absolute Gasteiger partial charge is 0.463 e. The van der Waals surface area contributed by atoms with E-state index in [0.717, 1.165) is 23.9 Å². The van der Waals surface area contributed by atoms with Crippen molar-refractivity contribution in [3.8, 4) is 0 Å². The number of hydrogen-bond acceptors (Lipinski definition) is 2. The first kappa shape index (κ1) is 12.5. The van der Waals surface area contributed by atoms with Gasteiger partial charge in [0.1, 0.15) is 11.8 Å². The van der Waals surface area contributed by atoms with Gasteiger partial charge in [0.25, 0.3) is 5.91 Å². The number of furan rings is 1. The SMILES string of the molecule is CC1CCN(C(=O)c2coc3ccccc23)CC1Cl. The molecule has 1 fully saturated rings. The molecule has 1 amide bonds. The van der Waals surface area contributed by atoms with Gasteiger partial charge in [0.05, 0.1) is 10.9 Å². The molecule has 0 bridgehead atoms. The lowest BCUT2D eigenvalue weighted by Gasteiger charge is -2.33. The number of amides is 1. The van der Waals surface area contributed by atoms with E-state index in [9.17, 15) is 4.79 Å². The van der Waals surface area contributed by atoms with Gasteiger partial charge in [-0.1, -0.05) is 25.1 Å². The highest BCUT2D eigenvalue weighted by Gasteiger charge is 2.29. The zero-order valence-electron chi connectivity index (χ0n) is 10.8. The molecule has 0 spiro atoms. The Bertz CT molecular complexity index is 607. The van der Waals surface area contributed by atoms with E-state index in [1.165, 1.54) is 0 Å². The van der Waals surface area contributed by atoms with E-state index in [1.807, 2.05) is 29.2 Å². The van der Waals surface area contributed by atoms with Crippen molar-refractivity contribution in [3.05, 3.63) is 36.1 Å². The topological polar surface area (TPSA) is 33.5 Å². The Morgan fingerprint density at radius 3 is 3.00 bits per heavy atom. The van der Waals surface area contributed by atoms with Gasteiger partial charge >= 0.3 is 0 Å². The van der Waals surface area contributed by atoms with Crippen LogP contribution in [0.1, 0.15) is 23.7 Å². The predicted octanol–water partition coefficient (Wildman–Crippen LogP) is 3.52. The molecule has 3 nitrogen and oxygen atoms in total.